The zero-order chi connectivity index (χ0) is 25.5. The van der Waals surface area contributed by atoms with E-state index in [1.54, 1.807) is 0 Å². The number of sulfonamides is 1. The standard InChI is InChI=1S/C24H31Cl2N3O4S/c1-5-13-27-24(31)21(6-2)28(15-18-9-7-17(3)8-10-18)23(30)16-29(34(4,32)33)22-12-11-19(25)14-20(22)26/h7-12,14,21H,5-6,13,15-16H2,1-4H3,(H,27,31)/t21-/m1/s1. The maximum absolute atomic E-state index is 13.6. The van der Waals surface area contributed by atoms with E-state index in [-0.39, 0.29) is 23.2 Å². The van der Waals surface area contributed by atoms with Gasteiger partial charge >= 0.3 is 0 Å². The molecule has 186 valence electrons. The van der Waals surface area contributed by atoms with Crippen LogP contribution in [-0.4, -0.2) is 50.5 Å². The van der Waals surface area contributed by atoms with Crippen LogP contribution in [0.25, 0.3) is 0 Å². The molecule has 0 aromatic heterocycles. The minimum Gasteiger partial charge on any atom is -0.354 e. The van der Waals surface area contributed by atoms with Crippen LogP contribution in [0.15, 0.2) is 42.5 Å². The van der Waals surface area contributed by atoms with Gasteiger partial charge in [0.1, 0.15) is 12.6 Å². The van der Waals surface area contributed by atoms with Gasteiger partial charge in [0.15, 0.2) is 0 Å². The third-order valence-corrected chi connectivity index (χ3v) is 6.93. The van der Waals surface area contributed by atoms with Gasteiger partial charge in [-0.1, -0.05) is 66.9 Å². The minimum atomic E-state index is -3.87. The highest BCUT2D eigenvalue weighted by molar-refractivity contribution is 7.92. The molecule has 34 heavy (non-hydrogen) atoms. The Labute approximate surface area is 212 Å². The summed E-state index contributed by atoms with van der Waals surface area (Å²) in [6.07, 6.45) is 2.12. The Bertz CT molecular complexity index is 1110. The van der Waals surface area contributed by atoms with Crippen molar-refractivity contribution in [2.24, 2.45) is 0 Å². The zero-order valence-corrected chi connectivity index (χ0v) is 22.2. The summed E-state index contributed by atoms with van der Waals surface area (Å²) in [7, 11) is -3.87. The van der Waals surface area contributed by atoms with Gasteiger partial charge in [-0.2, -0.15) is 0 Å². The highest BCUT2D eigenvalue weighted by Gasteiger charge is 2.32. The van der Waals surface area contributed by atoms with Gasteiger partial charge in [0.25, 0.3) is 0 Å². The number of hydrogen-bond acceptors (Lipinski definition) is 4. The lowest BCUT2D eigenvalue weighted by atomic mass is 10.1. The van der Waals surface area contributed by atoms with Gasteiger partial charge in [0, 0.05) is 18.1 Å². The van der Waals surface area contributed by atoms with Gasteiger partial charge in [0.05, 0.1) is 17.0 Å². The number of nitrogens with one attached hydrogen (secondary N) is 1. The summed E-state index contributed by atoms with van der Waals surface area (Å²) in [6, 6.07) is 11.2. The molecule has 2 rings (SSSR count). The van der Waals surface area contributed by atoms with E-state index in [9.17, 15) is 18.0 Å². The quantitative estimate of drug-likeness (QED) is 0.469. The van der Waals surface area contributed by atoms with Crippen LogP contribution in [0.1, 0.15) is 37.8 Å². The Morgan fingerprint density at radius 1 is 1.06 bits per heavy atom. The molecule has 7 nitrogen and oxygen atoms in total. The lowest BCUT2D eigenvalue weighted by molar-refractivity contribution is -0.140. The largest absolute Gasteiger partial charge is 0.354 e. The summed E-state index contributed by atoms with van der Waals surface area (Å²) >= 11 is 12.2. The number of carbonyl (C=O) groups is 2. The molecule has 0 fully saturated rings. The van der Waals surface area contributed by atoms with E-state index in [1.165, 1.54) is 23.1 Å². The Hall–Kier alpha value is -2.29. The summed E-state index contributed by atoms with van der Waals surface area (Å²) in [5, 5.41) is 3.29. The van der Waals surface area contributed by atoms with E-state index in [4.69, 9.17) is 23.2 Å². The van der Waals surface area contributed by atoms with Crippen molar-refractivity contribution in [1.82, 2.24) is 10.2 Å². The molecule has 0 saturated carbocycles. The molecule has 2 aromatic carbocycles. The van der Waals surface area contributed by atoms with E-state index in [1.807, 2.05) is 45.0 Å². The molecular weight excluding hydrogens is 497 g/mol. The molecule has 0 aliphatic carbocycles. The lowest BCUT2D eigenvalue weighted by Gasteiger charge is -2.33. The second-order valence-electron chi connectivity index (χ2n) is 8.09. The van der Waals surface area contributed by atoms with E-state index in [0.29, 0.717) is 18.0 Å². The second kappa shape index (κ2) is 12.4. The van der Waals surface area contributed by atoms with Crippen molar-refractivity contribution < 1.29 is 18.0 Å². The molecule has 1 atom stereocenters. The van der Waals surface area contributed by atoms with E-state index in [0.717, 1.165) is 28.1 Å². The number of benzene rings is 2. The molecule has 10 heteroatoms. The first-order chi connectivity index (χ1) is 16.0. The predicted molar refractivity (Wildman–Crippen MR) is 138 cm³/mol. The fraction of sp³-hybridized carbons (Fsp3) is 0.417. The Morgan fingerprint density at radius 3 is 2.24 bits per heavy atom. The SMILES string of the molecule is CCCNC(=O)[C@@H](CC)N(Cc1ccc(C)cc1)C(=O)CN(c1ccc(Cl)cc1Cl)S(C)(=O)=O. The first-order valence-electron chi connectivity index (χ1n) is 11.0. The maximum atomic E-state index is 13.6. The summed E-state index contributed by atoms with van der Waals surface area (Å²) in [6.45, 7) is 5.84. The first-order valence-corrected chi connectivity index (χ1v) is 13.6. The summed E-state index contributed by atoms with van der Waals surface area (Å²) in [4.78, 5) is 27.9. The molecule has 0 radical (unpaired) electrons. The monoisotopic (exact) mass is 527 g/mol. The molecule has 2 aromatic rings. The van der Waals surface area contributed by atoms with Crippen molar-refractivity contribution in [3.8, 4) is 0 Å². The van der Waals surface area contributed by atoms with Crippen LogP contribution in [-0.2, 0) is 26.2 Å². The van der Waals surface area contributed by atoms with Crippen molar-refractivity contribution >= 4 is 50.7 Å². The van der Waals surface area contributed by atoms with Gasteiger partial charge in [-0.15, -0.1) is 0 Å². The molecule has 0 bridgehead atoms. The zero-order valence-electron chi connectivity index (χ0n) is 19.8. The number of nitrogens with zero attached hydrogens (tertiary/aromatic N) is 2. The molecular formula is C24H31Cl2N3O4S. The molecule has 0 aliphatic heterocycles. The Morgan fingerprint density at radius 2 is 1.71 bits per heavy atom. The number of anilines is 1. The Kier molecular flexibility index (Phi) is 10.2. The van der Waals surface area contributed by atoms with Gasteiger partial charge in [-0.3, -0.25) is 13.9 Å². The van der Waals surface area contributed by atoms with Gasteiger partial charge in [-0.05, 0) is 43.5 Å². The molecule has 0 heterocycles. The normalized spacial score (nSPS) is 12.2. The number of amides is 2. The van der Waals surface area contributed by atoms with Crippen molar-refractivity contribution in [3.63, 3.8) is 0 Å². The van der Waals surface area contributed by atoms with Crippen molar-refractivity contribution in [2.75, 3.05) is 23.7 Å². The summed E-state index contributed by atoms with van der Waals surface area (Å²) < 4.78 is 26.2. The van der Waals surface area contributed by atoms with Crippen LogP contribution >= 0.6 is 23.2 Å². The van der Waals surface area contributed by atoms with Crippen LogP contribution in [0.4, 0.5) is 5.69 Å². The molecule has 0 unspecified atom stereocenters. The van der Waals surface area contributed by atoms with E-state index >= 15 is 0 Å². The van der Waals surface area contributed by atoms with Crippen LogP contribution in [0.5, 0.6) is 0 Å². The average Bonchev–Trinajstić information content (AvgIpc) is 2.76. The van der Waals surface area contributed by atoms with Gasteiger partial charge < -0.3 is 10.2 Å². The number of halogens is 2. The number of rotatable bonds is 11. The van der Waals surface area contributed by atoms with Gasteiger partial charge in [0.2, 0.25) is 21.8 Å². The van der Waals surface area contributed by atoms with E-state index < -0.39 is 28.5 Å². The predicted octanol–water partition coefficient (Wildman–Crippen LogP) is 4.40. The summed E-state index contributed by atoms with van der Waals surface area (Å²) in [5.74, 6) is -0.796. The fourth-order valence-corrected chi connectivity index (χ4v) is 4.88. The van der Waals surface area contributed by atoms with Crippen LogP contribution in [0.2, 0.25) is 10.0 Å². The molecule has 0 saturated heterocycles. The van der Waals surface area contributed by atoms with Crippen molar-refractivity contribution in [3.05, 3.63) is 63.6 Å². The number of aryl methyl sites for hydroxylation is 1. The molecule has 2 amide bonds. The fourth-order valence-electron chi connectivity index (χ4n) is 3.45. The van der Waals surface area contributed by atoms with Crippen LogP contribution in [0, 0.1) is 6.92 Å². The third-order valence-electron chi connectivity index (χ3n) is 5.27. The topological polar surface area (TPSA) is 86.8 Å². The lowest BCUT2D eigenvalue weighted by Crippen LogP contribution is -2.52. The Balaban J connectivity index is 2.44. The third kappa shape index (κ3) is 7.61. The van der Waals surface area contributed by atoms with Crippen molar-refractivity contribution in [1.29, 1.82) is 0 Å². The second-order valence-corrected chi connectivity index (χ2v) is 10.8. The van der Waals surface area contributed by atoms with E-state index in [2.05, 4.69) is 5.32 Å². The van der Waals surface area contributed by atoms with Gasteiger partial charge in [-0.25, -0.2) is 8.42 Å². The molecule has 0 spiro atoms. The maximum Gasteiger partial charge on any atom is 0.244 e. The minimum absolute atomic E-state index is 0.100. The highest BCUT2D eigenvalue weighted by Crippen LogP contribution is 2.30. The first kappa shape index (κ1) is 28.0. The smallest absolute Gasteiger partial charge is 0.244 e. The van der Waals surface area contributed by atoms with Crippen molar-refractivity contribution in [2.45, 2.75) is 46.2 Å². The average molecular weight is 529 g/mol. The molecule has 0 aliphatic rings. The van der Waals surface area contributed by atoms with Crippen LogP contribution < -0.4 is 9.62 Å². The highest BCUT2D eigenvalue weighted by atomic mass is 35.5. The number of carbonyl (C=O) groups excluding carboxylic acids is 2. The summed E-state index contributed by atoms with van der Waals surface area (Å²) in [5.41, 5.74) is 2.03. The molecule has 1 N–H and O–H groups in total. The number of hydrogen-bond donors (Lipinski definition) is 1. The van der Waals surface area contributed by atoms with Crippen LogP contribution in [0.3, 0.4) is 0 Å².